The average Bonchev–Trinajstić information content (AvgIpc) is 2.63. The van der Waals surface area contributed by atoms with Gasteiger partial charge in [-0.3, -0.25) is 0 Å². The van der Waals surface area contributed by atoms with Gasteiger partial charge in [0.1, 0.15) is 6.10 Å². The van der Waals surface area contributed by atoms with Crippen LogP contribution in [0.3, 0.4) is 0 Å². The minimum Gasteiger partial charge on any atom is -0.547 e. The molecule has 0 saturated carbocycles. The van der Waals surface area contributed by atoms with E-state index in [-0.39, 0.29) is 36.2 Å². The first-order chi connectivity index (χ1) is 12.5. The van der Waals surface area contributed by atoms with Crippen LogP contribution in [-0.4, -0.2) is 41.0 Å². The summed E-state index contributed by atoms with van der Waals surface area (Å²) in [7, 11) is 0. The van der Waals surface area contributed by atoms with Crippen molar-refractivity contribution in [2.45, 2.75) is 109 Å². The van der Waals surface area contributed by atoms with Gasteiger partial charge in [-0.1, -0.05) is 90.4 Å². The maximum absolute atomic E-state index is 11.3. The maximum atomic E-state index is 11.3. The fourth-order valence-corrected chi connectivity index (χ4v) is 2.81. The van der Waals surface area contributed by atoms with Crippen LogP contribution in [0.4, 0.5) is 0 Å². The van der Waals surface area contributed by atoms with E-state index in [9.17, 15) is 19.8 Å². The average molecular weight is 396 g/mol. The van der Waals surface area contributed by atoms with E-state index in [0.29, 0.717) is 6.42 Å². The molecular weight excluding hydrogens is 359 g/mol. The molecule has 0 aliphatic rings. The number of ether oxygens (including phenoxy) is 1. The van der Waals surface area contributed by atoms with Gasteiger partial charge in [0.15, 0.2) is 6.10 Å². The summed E-state index contributed by atoms with van der Waals surface area (Å²) in [5, 5.41) is 28.5. The number of rotatable bonds is 18. The van der Waals surface area contributed by atoms with Gasteiger partial charge < -0.3 is 24.9 Å². The zero-order valence-corrected chi connectivity index (χ0v) is 19.3. The van der Waals surface area contributed by atoms with Crippen molar-refractivity contribution in [1.82, 2.24) is 0 Å². The molecule has 154 valence electrons. The van der Waals surface area contributed by atoms with E-state index in [1.165, 1.54) is 64.2 Å². The molecule has 27 heavy (non-hydrogen) atoms. The smallest absolute Gasteiger partial charge is 0.547 e. The van der Waals surface area contributed by atoms with Crippen LogP contribution in [0.25, 0.3) is 0 Å². The Morgan fingerprint density at radius 1 is 0.741 bits per heavy atom. The molecular formula is C20H37NaO6. The standard InChI is InChI=1S/C20H38O6.Na/c1-2-3-4-5-6-7-8-9-10-11-12-13-14-15-16-26-20(25)18(22)17(21)19(23)24;/h17-18,21-22H,2-16H2,1H3,(H,23,24);/q;+1/p-1. The molecule has 0 aliphatic carbocycles. The Bertz CT molecular complexity index is 364. The van der Waals surface area contributed by atoms with Crippen LogP contribution in [0.1, 0.15) is 96.8 Å². The van der Waals surface area contributed by atoms with Crippen LogP contribution in [0.15, 0.2) is 0 Å². The van der Waals surface area contributed by atoms with Gasteiger partial charge in [0.2, 0.25) is 0 Å². The molecule has 0 fully saturated rings. The number of aliphatic hydroxyl groups is 2. The fraction of sp³-hybridized carbons (Fsp3) is 0.900. The van der Waals surface area contributed by atoms with Crippen LogP contribution < -0.4 is 34.7 Å². The summed E-state index contributed by atoms with van der Waals surface area (Å²) in [6.45, 7) is 2.36. The van der Waals surface area contributed by atoms with E-state index >= 15 is 0 Å². The number of carboxylic acids is 1. The molecule has 6 nitrogen and oxygen atoms in total. The molecule has 0 saturated heterocycles. The van der Waals surface area contributed by atoms with E-state index in [0.717, 1.165) is 19.3 Å². The van der Waals surface area contributed by atoms with Gasteiger partial charge in [-0.25, -0.2) is 4.79 Å². The van der Waals surface area contributed by atoms with Crippen molar-refractivity contribution in [2.24, 2.45) is 0 Å². The second kappa shape index (κ2) is 20.6. The van der Waals surface area contributed by atoms with Crippen molar-refractivity contribution in [1.29, 1.82) is 0 Å². The number of carboxylic acid groups (broad SMARTS) is 1. The predicted octanol–water partition coefficient (Wildman–Crippen LogP) is -0.513. The van der Waals surface area contributed by atoms with Gasteiger partial charge in [0.05, 0.1) is 12.6 Å². The minimum absolute atomic E-state index is 0. The Kier molecular flexibility index (Phi) is 22.2. The van der Waals surface area contributed by atoms with Crippen molar-refractivity contribution >= 4 is 11.9 Å². The molecule has 2 atom stereocenters. The first-order valence-electron chi connectivity index (χ1n) is 10.2. The summed E-state index contributed by atoms with van der Waals surface area (Å²) < 4.78 is 4.74. The summed E-state index contributed by atoms with van der Waals surface area (Å²) in [6, 6.07) is 0. The van der Waals surface area contributed by atoms with Crippen molar-refractivity contribution < 1.29 is 59.2 Å². The number of aliphatic carboxylic acids is 1. The van der Waals surface area contributed by atoms with Crippen molar-refractivity contribution in [2.75, 3.05) is 6.61 Å². The number of hydrogen-bond acceptors (Lipinski definition) is 6. The number of hydrogen-bond donors (Lipinski definition) is 2. The molecule has 0 rings (SSSR count). The van der Waals surface area contributed by atoms with Gasteiger partial charge >= 0.3 is 35.5 Å². The zero-order chi connectivity index (χ0) is 19.6. The van der Waals surface area contributed by atoms with Crippen LogP contribution >= 0.6 is 0 Å². The molecule has 0 spiro atoms. The summed E-state index contributed by atoms with van der Waals surface area (Å²) in [5.41, 5.74) is 0. The third-order valence-electron chi connectivity index (χ3n) is 4.52. The Hall–Kier alpha value is -0.140. The number of carbonyl (C=O) groups excluding carboxylic acids is 2. The van der Waals surface area contributed by atoms with Crippen LogP contribution in [0.2, 0.25) is 0 Å². The van der Waals surface area contributed by atoms with Gasteiger partial charge in [0, 0.05) is 0 Å². The third kappa shape index (κ3) is 17.7. The Balaban J connectivity index is 0. The molecule has 0 amide bonds. The summed E-state index contributed by atoms with van der Waals surface area (Å²) in [5.74, 6) is -3.03. The van der Waals surface area contributed by atoms with Crippen LogP contribution in [0.5, 0.6) is 0 Å². The molecule has 0 radical (unpaired) electrons. The van der Waals surface area contributed by atoms with Gasteiger partial charge in [-0.05, 0) is 6.42 Å². The predicted molar refractivity (Wildman–Crippen MR) is 98.3 cm³/mol. The monoisotopic (exact) mass is 396 g/mol. The summed E-state index contributed by atoms with van der Waals surface area (Å²) >= 11 is 0. The largest absolute Gasteiger partial charge is 1.00 e. The maximum Gasteiger partial charge on any atom is 1.00 e. The first kappa shape index (κ1) is 29.1. The second-order valence-corrected chi connectivity index (χ2v) is 6.97. The van der Waals surface area contributed by atoms with E-state index in [1.54, 1.807) is 0 Å². The molecule has 2 N–H and O–H groups in total. The molecule has 2 unspecified atom stereocenters. The quantitative estimate of drug-likeness (QED) is 0.184. The Morgan fingerprint density at radius 3 is 1.48 bits per heavy atom. The second-order valence-electron chi connectivity index (χ2n) is 6.97. The van der Waals surface area contributed by atoms with Crippen LogP contribution in [0, 0.1) is 0 Å². The molecule has 0 aromatic carbocycles. The molecule has 0 aromatic heterocycles. The van der Waals surface area contributed by atoms with Crippen molar-refractivity contribution in [3.05, 3.63) is 0 Å². The van der Waals surface area contributed by atoms with Gasteiger partial charge in [-0.2, -0.15) is 0 Å². The van der Waals surface area contributed by atoms with Crippen molar-refractivity contribution in [3.8, 4) is 0 Å². The topological polar surface area (TPSA) is 107 Å². The Labute approximate surface area is 186 Å². The molecule has 0 bridgehead atoms. The molecule has 7 heteroatoms. The summed E-state index contributed by atoms with van der Waals surface area (Å²) in [4.78, 5) is 21.6. The number of unbranched alkanes of at least 4 members (excludes halogenated alkanes) is 13. The molecule has 0 aliphatic heterocycles. The molecule has 0 aromatic rings. The van der Waals surface area contributed by atoms with Gasteiger partial charge in [-0.15, -0.1) is 0 Å². The van der Waals surface area contributed by atoms with E-state index in [2.05, 4.69) is 6.92 Å². The fourth-order valence-electron chi connectivity index (χ4n) is 2.81. The van der Waals surface area contributed by atoms with E-state index in [4.69, 9.17) is 9.84 Å². The third-order valence-corrected chi connectivity index (χ3v) is 4.52. The first-order valence-corrected chi connectivity index (χ1v) is 10.2. The van der Waals surface area contributed by atoms with Crippen LogP contribution in [-0.2, 0) is 14.3 Å². The number of carbonyl (C=O) groups is 2. The summed E-state index contributed by atoms with van der Waals surface area (Å²) in [6.07, 6.45) is 12.8. The van der Waals surface area contributed by atoms with Gasteiger partial charge in [0.25, 0.3) is 0 Å². The number of esters is 1. The van der Waals surface area contributed by atoms with E-state index < -0.39 is 24.1 Å². The van der Waals surface area contributed by atoms with Crippen molar-refractivity contribution in [3.63, 3.8) is 0 Å². The SMILES string of the molecule is CCCCCCCCCCCCCCCCOC(=O)C(O)C(O)C(=O)[O-].[Na+]. The zero-order valence-electron chi connectivity index (χ0n) is 17.3. The Morgan fingerprint density at radius 2 is 1.11 bits per heavy atom. The van der Waals surface area contributed by atoms with E-state index in [1.807, 2.05) is 0 Å². The minimum atomic E-state index is -2.25. The normalized spacial score (nSPS) is 12.9. The molecule has 0 heterocycles. The number of aliphatic hydroxyl groups excluding tert-OH is 2.